The second-order valence-electron chi connectivity index (χ2n) is 3.97. The Balaban J connectivity index is 2.25. The molecular weight excluding hydrogens is 254 g/mol. The van der Waals surface area contributed by atoms with Crippen molar-refractivity contribution < 1.29 is 5.11 Å². The average Bonchev–Trinajstić information content (AvgIpc) is 2.99. The smallest absolute Gasteiger partial charge is 0.153 e. The van der Waals surface area contributed by atoms with E-state index in [1.165, 1.54) is 6.33 Å². The van der Waals surface area contributed by atoms with Crippen LogP contribution in [0.5, 0.6) is 0 Å². The number of hydrogen-bond acceptors (Lipinski definition) is 4. The lowest BCUT2D eigenvalue weighted by atomic mass is 10.1. The van der Waals surface area contributed by atoms with E-state index >= 15 is 0 Å². The molecule has 0 saturated carbocycles. The van der Waals surface area contributed by atoms with Crippen molar-refractivity contribution in [2.75, 3.05) is 0 Å². The molecular formula is C11H16ClN5O. The normalized spacial score (nSPS) is 12.9. The third kappa shape index (κ3) is 2.39. The van der Waals surface area contributed by atoms with Crippen LogP contribution < -0.4 is 0 Å². The van der Waals surface area contributed by atoms with Gasteiger partial charge in [0.25, 0.3) is 0 Å². The van der Waals surface area contributed by atoms with Crippen LogP contribution >= 0.6 is 11.6 Å². The summed E-state index contributed by atoms with van der Waals surface area (Å²) in [6.45, 7) is 4.72. The van der Waals surface area contributed by atoms with Gasteiger partial charge in [-0.1, -0.05) is 18.5 Å². The van der Waals surface area contributed by atoms with Crippen molar-refractivity contribution in [3.05, 3.63) is 28.6 Å². The van der Waals surface area contributed by atoms with Gasteiger partial charge >= 0.3 is 0 Å². The van der Waals surface area contributed by atoms with Crippen molar-refractivity contribution in [3.8, 4) is 0 Å². The van der Waals surface area contributed by atoms with Gasteiger partial charge in [-0.3, -0.25) is 9.78 Å². The number of H-pyrrole nitrogens is 1. The van der Waals surface area contributed by atoms with Gasteiger partial charge in [0.05, 0.1) is 16.4 Å². The highest BCUT2D eigenvalue weighted by atomic mass is 35.5. The number of halogens is 1. The largest absolute Gasteiger partial charge is 0.385 e. The topological polar surface area (TPSA) is 79.6 Å². The maximum atomic E-state index is 10.1. The summed E-state index contributed by atoms with van der Waals surface area (Å²) in [7, 11) is 0. The summed E-state index contributed by atoms with van der Waals surface area (Å²) in [5.74, 6) is 0.438. The van der Waals surface area contributed by atoms with Gasteiger partial charge < -0.3 is 5.11 Å². The molecule has 2 heterocycles. The molecule has 0 fully saturated rings. The van der Waals surface area contributed by atoms with Crippen molar-refractivity contribution in [1.82, 2.24) is 25.0 Å². The quantitative estimate of drug-likeness (QED) is 0.862. The molecule has 0 saturated heterocycles. The zero-order valence-corrected chi connectivity index (χ0v) is 11.1. The minimum absolute atomic E-state index is 0.370. The minimum Gasteiger partial charge on any atom is -0.385 e. The molecule has 0 bridgehead atoms. The van der Waals surface area contributed by atoms with Crippen molar-refractivity contribution >= 4 is 11.6 Å². The van der Waals surface area contributed by atoms with Crippen LogP contribution in [-0.2, 0) is 19.4 Å². The van der Waals surface area contributed by atoms with Gasteiger partial charge in [-0.15, -0.1) is 0 Å². The van der Waals surface area contributed by atoms with Crippen LogP contribution in [-0.4, -0.2) is 30.1 Å². The Kier molecular flexibility index (Phi) is 3.98. The number of aryl methyl sites for hydroxylation is 2. The summed E-state index contributed by atoms with van der Waals surface area (Å²) in [6.07, 6.45) is 1.76. The number of aromatic amines is 1. The van der Waals surface area contributed by atoms with Crippen LogP contribution in [0.4, 0.5) is 0 Å². The fourth-order valence-corrected chi connectivity index (χ4v) is 2.21. The summed E-state index contributed by atoms with van der Waals surface area (Å²) in [5.41, 5.74) is 1.69. The second-order valence-corrected chi connectivity index (χ2v) is 4.35. The highest BCUT2D eigenvalue weighted by molar-refractivity contribution is 6.31. The molecule has 0 aliphatic rings. The molecule has 1 atom stereocenters. The molecule has 98 valence electrons. The van der Waals surface area contributed by atoms with Crippen LogP contribution in [0, 0.1) is 0 Å². The van der Waals surface area contributed by atoms with E-state index in [-0.39, 0.29) is 0 Å². The molecule has 0 radical (unpaired) electrons. The van der Waals surface area contributed by atoms with Crippen LogP contribution in [0.15, 0.2) is 6.33 Å². The van der Waals surface area contributed by atoms with Gasteiger partial charge in [0.2, 0.25) is 0 Å². The Labute approximate surface area is 110 Å². The van der Waals surface area contributed by atoms with Crippen LogP contribution in [0.2, 0.25) is 5.02 Å². The van der Waals surface area contributed by atoms with Gasteiger partial charge in [-0.2, -0.15) is 10.2 Å². The first-order chi connectivity index (χ1) is 8.67. The summed E-state index contributed by atoms with van der Waals surface area (Å²) in [6, 6.07) is 0. The molecule has 1 unspecified atom stereocenters. The Morgan fingerprint density at radius 2 is 2.28 bits per heavy atom. The van der Waals surface area contributed by atoms with Crippen LogP contribution in [0.25, 0.3) is 0 Å². The Morgan fingerprint density at radius 1 is 1.50 bits per heavy atom. The number of nitrogens with zero attached hydrogens (tertiary/aromatic N) is 4. The first-order valence-electron chi connectivity index (χ1n) is 5.94. The average molecular weight is 270 g/mol. The Hall–Kier alpha value is -1.40. The van der Waals surface area contributed by atoms with Gasteiger partial charge in [-0.25, -0.2) is 4.98 Å². The number of aromatic nitrogens is 5. The van der Waals surface area contributed by atoms with Crippen molar-refractivity contribution in [3.63, 3.8) is 0 Å². The van der Waals surface area contributed by atoms with E-state index in [0.717, 1.165) is 24.4 Å². The van der Waals surface area contributed by atoms with E-state index in [1.807, 2.05) is 18.5 Å². The third-order valence-electron chi connectivity index (χ3n) is 2.83. The molecule has 2 rings (SSSR count). The Morgan fingerprint density at radius 3 is 2.83 bits per heavy atom. The van der Waals surface area contributed by atoms with Gasteiger partial charge in [-0.05, 0) is 13.3 Å². The van der Waals surface area contributed by atoms with Gasteiger partial charge in [0.15, 0.2) is 5.82 Å². The maximum absolute atomic E-state index is 10.1. The molecule has 2 N–H and O–H groups in total. The fraction of sp³-hybridized carbons (Fsp3) is 0.545. The molecule has 0 aliphatic heterocycles. The lowest BCUT2D eigenvalue weighted by molar-refractivity contribution is 0.166. The minimum atomic E-state index is -0.753. The predicted octanol–water partition coefficient (Wildman–Crippen LogP) is 1.51. The summed E-state index contributed by atoms with van der Waals surface area (Å²) >= 11 is 6.27. The Bertz CT molecular complexity index is 508. The van der Waals surface area contributed by atoms with Crippen molar-refractivity contribution in [1.29, 1.82) is 0 Å². The molecule has 0 aromatic carbocycles. The number of aliphatic hydroxyl groups excluding tert-OH is 1. The van der Waals surface area contributed by atoms with E-state index in [0.29, 0.717) is 17.3 Å². The van der Waals surface area contributed by atoms with E-state index in [1.54, 1.807) is 0 Å². The third-order valence-corrected chi connectivity index (χ3v) is 3.27. The van der Waals surface area contributed by atoms with Gasteiger partial charge in [0.1, 0.15) is 12.4 Å². The molecule has 7 heteroatoms. The zero-order valence-electron chi connectivity index (χ0n) is 10.4. The summed E-state index contributed by atoms with van der Waals surface area (Å²) in [4.78, 5) is 3.94. The highest BCUT2D eigenvalue weighted by Crippen LogP contribution is 2.25. The van der Waals surface area contributed by atoms with E-state index in [2.05, 4.69) is 20.3 Å². The molecule has 6 nitrogen and oxygen atoms in total. The SMILES string of the molecule is CCc1nn(CC)c(CC(O)c2ncn[nH]2)c1Cl. The zero-order chi connectivity index (χ0) is 13.1. The monoisotopic (exact) mass is 269 g/mol. The van der Waals surface area contributed by atoms with Crippen LogP contribution in [0.3, 0.4) is 0 Å². The molecule has 0 spiro atoms. The summed E-state index contributed by atoms with van der Waals surface area (Å²) < 4.78 is 1.82. The van der Waals surface area contributed by atoms with E-state index in [9.17, 15) is 5.11 Å². The summed E-state index contributed by atoms with van der Waals surface area (Å²) in [5, 5.41) is 21.5. The molecule has 2 aromatic rings. The van der Waals surface area contributed by atoms with Gasteiger partial charge in [0, 0.05) is 13.0 Å². The first kappa shape index (κ1) is 13.0. The fourth-order valence-electron chi connectivity index (χ4n) is 1.87. The van der Waals surface area contributed by atoms with E-state index in [4.69, 9.17) is 11.6 Å². The van der Waals surface area contributed by atoms with Crippen LogP contribution in [0.1, 0.15) is 37.2 Å². The van der Waals surface area contributed by atoms with Crippen molar-refractivity contribution in [2.45, 2.75) is 39.3 Å². The lowest BCUT2D eigenvalue weighted by Gasteiger charge is -2.09. The van der Waals surface area contributed by atoms with Crippen molar-refractivity contribution in [2.24, 2.45) is 0 Å². The van der Waals surface area contributed by atoms with E-state index < -0.39 is 6.10 Å². The number of hydrogen-bond donors (Lipinski definition) is 2. The predicted molar refractivity (Wildman–Crippen MR) is 67.3 cm³/mol. The highest BCUT2D eigenvalue weighted by Gasteiger charge is 2.19. The molecule has 0 aliphatic carbocycles. The number of nitrogens with one attached hydrogen (secondary N) is 1. The first-order valence-corrected chi connectivity index (χ1v) is 6.32. The maximum Gasteiger partial charge on any atom is 0.153 e. The molecule has 18 heavy (non-hydrogen) atoms. The number of rotatable bonds is 5. The second kappa shape index (κ2) is 5.49. The molecule has 2 aromatic heterocycles. The standard InChI is InChI=1S/C11H16ClN5O/c1-3-7-10(12)8(17(4-2)16-7)5-9(18)11-13-6-14-15-11/h6,9,18H,3-5H2,1-2H3,(H,13,14,15). The lowest BCUT2D eigenvalue weighted by Crippen LogP contribution is -2.10. The molecule has 0 amide bonds. The number of aliphatic hydroxyl groups is 1.